The van der Waals surface area contributed by atoms with Crippen LogP contribution in [0.4, 0.5) is 13.2 Å². The van der Waals surface area contributed by atoms with Crippen LogP contribution in [0.1, 0.15) is 25.2 Å². The Bertz CT molecular complexity index is 1190. The maximum atomic E-state index is 15.1. The number of halogens is 3. The second kappa shape index (κ2) is 9.72. The summed E-state index contributed by atoms with van der Waals surface area (Å²) in [7, 11) is 1.51. The molecule has 180 valence electrons. The normalized spacial score (nSPS) is 18.3. The van der Waals surface area contributed by atoms with Crippen molar-refractivity contribution in [3.05, 3.63) is 59.2 Å². The molecule has 0 radical (unpaired) electrons. The van der Waals surface area contributed by atoms with Crippen molar-refractivity contribution in [1.29, 1.82) is 0 Å². The number of hydrogen-bond acceptors (Lipinski definition) is 7. The zero-order chi connectivity index (χ0) is 24.4. The van der Waals surface area contributed by atoms with Gasteiger partial charge in [0.15, 0.2) is 23.2 Å². The topological polar surface area (TPSA) is 86.9 Å². The molecule has 4 rings (SSSR count). The Hall–Kier alpha value is -3.60. The summed E-state index contributed by atoms with van der Waals surface area (Å²) >= 11 is 0. The predicted octanol–water partition coefficient (Wildman–Crippen LogP) is 3.88. The van der Waals surface area contributed by atoms with Crippen molar-refractivity contribution in [3.8, 4) is 23.0 Å². The van der Waals surface area contributed by atoms with Gasteiger partial charge >= 0.3 is 0 Å². The molecule has 1 aromatic heterocycles. The average molecular weight is 477 g/mol. The predicted molar refractivity (Wildman–Crippen MR) is 112 cm³/mol. The van der Waals surface area contributed by atoms with Crippen LogP contribution in [0.25, 0.3) is 11.5 Å². The van der Waals surface area contributed by atoms with Crippen molar-refractivity contribution >= 4 is 5.91 Å². The minimum atomic E-state index is -1.48. The van der Waals surface area contributed by atoms with Crippen molar-refractivity contribution in [2.45, 2.75) is 39.2 Å². The molecular weight excluding hydrogens is 455 g/mol. The first-order valence-corrected chi connectivity index (χ1v) is 10.5. The first-order valence-electron chi connectivity index (χ1n) is 10.5. The molecule has 1 aliphatic rings. The van der Waals surface area contributed by atoms with Gasteiger partial charge in [-0.15, -0.1) is 0 Å². The Morgan fingerprint density at radius 2 is 1.88 bits per heavy atom. The van der Waals surface area contributed by atoms with E-state index in [1.807, 2.05) is 6.92 Å². The van der Waals surface area contributed by atoms with Gasteiger partial charge in [-0.2, -0.15) is 9.37 Å². The molecule has 2 atom stereocenters. The third kappa shape index (κ3) is 4.84. The summed E-state index contributed by atoms with van der Waals surface area (Å²) in [5.41, 5.74) is 0.126. The van der Waals surface area contributed by atoms with Gasteiger partial charge in [0.1, 0.15) is 18.5 Å². The zero-order valence-corrected chi connectivity index (χ0v) is 18.7. The third-order valence-corrected chi connectivity index (χ3v) is 5.26. The van der Waals surface area contributed by atoms with Gasteiger partial charge in [-0.25, -0.2) is 8.78 Å². The van der Waals surface area contributed by atoms with Crippen LogP contribution >= 0.6 is 0 Å². The number of hydrogen-bond donors (Lipinski definition) is 0. The van der Waals surface area contributed by atoms with Gasteiger partial charge in [0.25, 0.3) is 11.8 Å². The van der Waals surface area contributed by atoms with Gasteiger partial charge in [0, 0.05) is 6.54 Å². The molecule has 1 amide bonds. The second-order valence-electron chi connectivity index (χ2n) is 7.82. The molecule has 1 fully saturated rings. The SMILES string of the molecule is COc1ccc(COc2c(F)c(F)cc(-c3nc(CN4CC(C)OC(C)C4=O)no3)c2F)cc1. The molecule has 0 aliphatic carbocycles. The Kier molecular flexibility index (Phi) is 6.73. The van der Waals surface area contributed by atoms with Crippen LogP contribution in [0.15, 0.2) is 34.9 Å². The van der Waals surface area contributed by atoms with E-state index in [1.54, 1.807) is 31.2 Å². The number of carbonyl (C=O) groups excluding carboxylic acids is 1. The lowest BCUT2D eigenvalue weighted by atomic mass is 10.1. The summed E-state index contributed by atoms with van der Waals surface area (Å²) in [6, 6.07) is 7.22. The van der Waals surface area contributed by atoms with Crippen LogP contribution in [0, 0.1) is 17.5 Å². The van der Waals surface area contributed by atoms with E-state index in [4.69, 9.17) is 18.7 Å². The third-order valence-electron chi connectivity index (χ3n) is 5.26. The number of methoxy groups -OCH3 is 1. The van der Waals surface area contributed by atoms with Crippen LogP contribution in [0.5, 0.6) is 11.5 Å². The molecule has 11 heteroatoms. The first-order chi connectivity index (χ1) is 16.3. The minimum Gasteiger partial charge on any atom is -0.497 e. The van der Waals surface area contributed by atoms with Gasteiger partial charge in [-0.1, -0.05) is 17.3 Å². The van der Waals surface area contributed by atoms with E-state index in [0.29, 0.717) is 23.9 Å². The molecule has 0 spiro atoms. The van der Waals surface area contributed by atoms with Crippen molar-refractivity contribution in [2.24, 2.45) is 0 Å². The highest BCUT2D eigenvalue weighted by Crippen LogP contribution is 2.33. The van der Waals surface area contributed by atoms with Crippen LogP contribution in [-0.2, 0) is 22.7 Å². The van der Waals surface area contributed by atoms with E-state index in [0.717, 1.165) is 0 Å². The minimum absolute atomic E-state index is 0.00744. The molecule has 2 heterocycles. The summed E-state index contributed by atoms with van der Waals surface area (Å²) < 4.78 is 64.5. The number of aromatic nitrogens is 2. The van der Waals surface area contributed by atoms with Gasteiger partial charge in [0.05, 0.1) is 25.3 Å². The van der Waals surface area contributed by atoms with Crippen LogP contribution in [0.2, 0.25) is 0 Å². The Morgan fingerprint density at radius 1 is 1.15 bits per heavy atom. The Balaban J connectivity index is 1.55. The summed E-state index contributed by atoms with van der Waals surface area (Å²) in [5, 5.41) is 3.75. The maximum absolute atomic E-state index is 15.1. The Labute approximate surface area is 193 Å². The van der Waals surface area contributed by atoms with E-state index in [1.165, 1.54) is 12.0 Å². The highest BCUT2D eigenvalue weighted by atomic mass is 19.2. The van der Waals surface area contributed by atoms with E-state index in [9.17, 15) is 13.6 Å². The number of ether oxygens (including phenoxy) is 3. The molecule has 0 bridgehead atoms. The quantitative estimate of drug-likeness (QED) is 0.478. The lowest BCUT2D eigenvalue weighted by Crippen LogP contribution is -2.49. The van der Waals surface area contributed by atoms with Gasteiger partial charge in [-0.05, 0) is 37.6 Å². The molecule has 2 unspecified atom stereocenters. The molecule has 34 heavy (non-hydrogen) atoms. The number of nitrogens with zero attached hydrogens (tertiary/aromatic N) is 3. The van der Waals surface area contributed by atoms with E-state index < -0.39 is 34.9 Å². The fourth-order valence-corrected chi connectivity index (χ4v) is 3.59. The largest absolute Gasteiger partial charge is 0.497 e. The summed E-state index contributed by atoms with van der Waals surface area (Å²) in [5.74, 6) is -4.86. The fourth-order valence-electron chi connectivity index (χ4n) is 3.59. The lowest BCUT2D eigenvalue weighted by Gasteiger charge is -2.34. The van der Waals surface area contributed by atoms with Gasteiger partial charge < -0.3 is 23.6 Å². The molecule has 1 saturated heterocycles. The van der Waals surface area contributed by atoms with Crippen LogP contribution < -0.4 is 9.47 Å². The standard InChI is InChI=1S/C23H22F3N3O5/c1-12-9-29(23(30)13(2)33-12)10-18-27-22(34-28-18)16-8-17(24)20(26)21(19(16)25)32-11-14-4-6-15(31-3)7-5-14/h4-8,12-13H,9-11H2,1-3H3. The summed E-state index contributed by atoms with van der Waals surface area (Å²) in [4.78, 5) is 17.8. The van der Waals surface area contributed by atoms with Crippen molar-refractivity contribution < 1.29 is 36.7 Å². The number of benzene rings is 2. The molecule has 2 aromatic carbocycles. The van der Waals surface area contributed by atoms with Crippen LogP contribution in [-0.4, -0.2) is 46.8 Å². The monoisotopic (exact) mass is 477 g/mol. The van der Waals surface area contributed by atoms with Gasteiger partial charge in [0.2, 0.25) is 5.82 Å². The Morgan fingerprint density at radius 3 is 2.59 bits per heavy atom. The lowest BCUT2D eigenvalue weighted by molar-refractivity contribution is -0.159. The summed E-state index contributed by atoms with van der Waals surface area (Å²) in [6.45, 7) is 3.55. The van der Waals surface area contributed by atoms with E-state index in [2.05, 4.69) is 10.1 Å². The average Bonchev–Trinajstić information content (AvgIpc) is 3.28. The molecule has 0 saturated carbocycles. The van der Waals surface area contributed by atoms with Crippen molar-refractivity contribution in [2.75, 3.05) is 13.7 Å². The summed E-state index contributed by atoms with van der Waals surface area (Å²) in [6.07, 6.45) is -0.808. The molecular formula is C23H22F3N3O5. The number of morpholine rings is 1. The number of rotatable bonds is 7. The fraction of sp³-hybridized carbons (Fsp3) is 0.348. The smallest absolute Gasteiger partial charge is 0.261 e. The molecule has 3 aromatic rings. The zero-order valence-electron chi connectivity index (χ0n) is 18.7. The number of amides is 1. The molecule has 0 N–H and O–H groups in total. The first kappa shape index (κ1) is 23.6. The van der Waals surface area contributed by atoms with Crippen molar-refractivity contribution in [3.63, 3.8) is 0 Å². The van der Waals surface area contributed by atoms with Gasteiger partial charge in [-0.3, -0.25) is 4.79 Å². The van der Waals surface area contributed by atoms with Crippen LogP contribution in [0.3, 0.4) is 0 Å². The maximum Gasteiger partial charge on any atom is 0.261 e. The highest BCUT2D eigenvalue weighted by molar-refractivity contribution is 5.81. The highest BCUT2D eigenvalue weighted by Gasteiger charge is 2.31. The van der Waals surface area contributed by atoms with E-state index >= 15 is 4.39 Å². The van der Waals surface area contributed by atoms with Crippen molar-refractivity contribution in [1.82, 2.24) is 15.0 Å². The van der Waals surface area contributed by atoms with E-state index in [-0.39, 0.29) is 36.9 Å². The molecule has 8 nitrogen and oxygen atoms in total. The second-order valence-corrected chi connectivity index (χ2v) is 7.82. The number of carbonyl (C=O) groups is 1. The molecule has 1 aliphatic heterocycles.